The van der Waals surface area contributed by atoms with Gasteiger partial charge in [0, 0.05) is 11.6 Å². The van der Waals surface area contributed by atoms with Gasteiger partial charge in [0.2, 0.25) is 0 Å². The van der Waals surface area contributed by atoms with Crippen LogP contribution >= 0.6 is 11.6 Å². The summed E-state index contributed by atoms with van der Waals surface area (Å²) in [5.41, 5.74) is 7.31. The quantitative estimate of drug-likeness (QED) is 0.847. The Bertz CT molecular complexity index is 614. The normalized spacial score (nSPS) is 10.1. The van der Waals surface area contributed by atoms with E-state index in [1.807, 2.05) is 24.3 Å². The summed E-state index contributed by atoms with van der Waals surface area (Å²) in [4.78, 5) is 15.6. The number of hydrogen-bond acceptors (Lipinski definition) is 5. The van der Waals surface area contributed by atoms with Crippen molar-refractivity contribution in [3.63, 3.8) is 0 Å². The molecule has 0 saturated carbocycles. The Morgan fingerprint density at radius 3 is 2.75 bits per heavy atom. The minimum atomic E-state index is -0.487. The average Bonchev–Trinajstić information content (AvgIpc) is 2.47. The van der Waals surface area contributed by atoms with E-state index >= 15 is 0 Å². The van der Waals surface area contributed by atoms with Crippen LogP contribution < -0.4 is 11.1 Å². The van der Waals surface area contributed by atoms with Crippen molar-refractivity contribution in [2.75, 3.05) is 18.2 Å². The highest BCUT2D eigenvalue weighted by atomic mass is 35.5. The highest BCUT2D eigenvalue weighted by Gasteiger charge is 2.11. The number of ether oxygens (including phenoxy) is 1. The van der Waals surface area contributed by atoms with Crippen molar-refractivity contribution in [3.05, 3.63) is 52.7 Å². The van der Waals surface area contributed by atoms with Gasteiger partial charge in [-0.05, 0) is 23.8 Å². The molecule has 0 amide bonds. The Morgan fingerprint density at radius 2 is 2.10 bits per heavy atom. The molecule has 0 radical (unpaired) electrons. The van der Waals surface area contributed by atoms with E-state index in [9.17, 15) is 4.79 Å². The van der Waals surface area contributed by atoms with E-state index in [2.05, 4.69) is 15.0 Å². The van der Waals surface area contributed by atoms with Gasteiger partial charge in [0.25, 0.3) is 0 Å². The van der Waals surface area contributed by atoms with Crippen molar-refractivity contribution >= 4 is 29.1 Å². The fourth-order valence-electron chi connectivity index (χ4n) is 1.64. The Balaban J connectivity index is 2.10. The van der Waals surface area contributed by atoms with Crippen molar-refractivity contribution in [1.29, 1.82) is 0 Å². The number of nitrogens with zero attached hydrogens (tertiary/aromatic N) is 1. The molecule has 0 unspecified atom stereocenters. The number of aromatic nitrogens is 1. The first-order valence-corrected chi connectivity index (χ1v) is 6.30. The van der Waals surface area contributed by atoms with Gasteiger partial charge in [-0.3, -0.25) is 0 Å². The van der Waals surface area contributed by atoms with Crippen LogP contribution in [0.1, 0.15) is 15.9 Å². The molecule has 0 aliphatic rings. The van der Waals surface area contributed by atoms with Crippen LogP contribution in [0.4, 0.5) is 11.5 Å². The lowest BCUT2D eigenvalue weighted by molar-refractivity contribution is 0.0602. The number of nitrogen functional groups attached to an aromatic ring is 1. The minimum Gasteiger partial charge on any atom is -0.465 e. The molecule has 1 aromatic heterocycles. The van der Waals surface area contributed by atoms with Crippen LogP contribution in [-0.4, -0.2) is 18.1 Å². The molecule has 0 atom stereocenters. The van der Waals surface area contributed by atoms with Gasteiger partial charge in [0.05, 0.1) is 24.6 Å². The van der Waals surface area contributed by atoms with Gasteiger partial charge >= 0.3 is 5.97 Å². The number of carbonyl (C=O) groups excluding carboxylic acids is 1. The predicted octanol–water partition coefficient (Wildman–Crippen LogP) is 2.72. The number of halogens is 1. The van der Waals surface area contributed by atoms with E-state index in [0.717, 1.165) is 5.56 Å². The number of anilines is 2. The molecule has 3 N–H and O–H groups in total. The van der Waals surface area contributed by atoms with Crippen LogP contribution in [0.25, 0.3) is 0 Å². The molecule has 104 valence electrons. The molecule has 5 nitrogen and oxygen atoms in total. The van der Waals surface area contributed by atoms with E-state index in [-0.39, 0.29) is 5.69 Å². The molecule has 2 rings (SSSR count). The number of carbonyl (C=O) groups is 1. The number of benzene rings is 1. The lowest BCUT2D eigenvalue weighted by Gasteiger charge is -2.09. The van der Waals surface area contributed by atoms with Gasteiger partial charge < -0.3 is 15.8 Å². The number of rotatable bonds is 4. The predicted molar refractivity (Wildman–Crippen MR) is 78.8 cm³/mol. The standard InChI is InChI=1S/C14H14ClN3O2/c1-20-14(19)11-6-13(18-8-12(11)16)17-7-9-2-4-10(15)5-3-9/h2-6,8H,7,16H2,1H3,(H,17,18). The van der Waals surface area contributed by atoms with Crippen molar-refractivity contribution in [1.82, 2.24) is 4.98 Å². The van der Waals surface area contributed by atoms with Crippen LogP contribution in [0.3, 0.4) is 0 Å². The van der Waals surface area contributed by atoms with Crippen LogP contribution in [0.2, 0.25) is 5.02 Å². The third kappa shape index (κ3) is 3.39. The Kier molecular flexibility index (Phi) is 4.42. The fraction of sp³-hybridized carbons (Fsp3) is 0.143. The summed E-state index contributed by atoms with van der Waals surface area (Å²) in [7, 11) is 1.31. The van der Waals surface area contributed by atoms with Gasteiger partial charge in [-0.15, -0.1) is 0 Å². The molecule has 0 spiro atoms. The van der Waals surface area contributed by atoms with Crippen molar-refractivity contribution in [2.45, 2.75) is 6.54 Å². The van der Waals surface area contributed by atoms with Gasteiger partial charge in [-0.2, -0.15) is 0 Å². The first-order chi connectivity index (χ1) is 9.60. The number of hydrogen-bond donors (Lipinski definition) is 2. The van der Waals surface area contributed by atoms with Crippen LogP contribution in [0.5, 0.6) is 0 Å². The summed E-state index contributed by atoms with van der Waals surface area (Å²) in [5, 5.41) is 3.80. The van der Waals surface area contributed by atoms with Crippen molar-refractivity contribution in [3.8, 4) is 0 Å². The first kappa shape index (κ1) is 14.1. The minimum absolute atomic E-state index is 0.286. The maximum Gasteiger partial charge on any atom is 0.340 e. The monoisotopic (exact) mass is 291 g/mol. The summed E-state index contributed by atoms with van der Waals surface area (Å²) >= 11 is 5.82. The number of esters is 1. The molecule has 2 aromatic rings. The largest absolute Gasteiger partial charge is 0.465 e. The number of pyridine rings is 1. The van der Waals surface area contributed by atoms with Crippen LogP contribution in [-0.2, 0) is 11.3 Å². The second-order valence-corrected chi connectivity index (χ2v) is 4.56. The zero-order valence-corrected chi connectivity index (χ0v) is 11.6. The van der Waals surface area contributed by atoms with E-state index in [4.69, 9.17) is 17.3 Å². The summed E-state index contributed by atoms with van der Waals surface area (Å²) in [6.07, 6.45) is 1.43. The van der Waals surface area contributed by atoms with E-state index in [1.165, 1.54) is 13.3 Å². The topological polar surface area (TPSA) is 77.2 Å². The van der Waals surface area contributed by atoms with Gasteiger partial charge in [0.1, 0.15) is 5.82 Å². The maximum absolute atomic E-state index is 11.5. The zero-order valence-electron chi connectivity index (χ0n) is 10.9. The second-order valence-electron chi connectivity index (χ2n) is 4.13. The summed E-state index contributed by atoms with van der Waals surface area (Å²) in [5.74, 6) is 0.0639. The lowest BCUT2D eigenvalue weighted by Crippen LogP contribution is -2.08. The van der Waals surface area contributed by atoms with Gasteiger partial charge in [0.15, 0.2) is 0 Å². The second kappa shape index (κ2) is 6.25. The number of nitrogens with one attached hydrogen (secondary N) is 1. The number of methoxy groups -OCH3 is 1. The molecule has 0 saturated heterocycles. The van der Waals surface area contributed by atoms with Gasteiger partial charge in [-0.25, -0.2) is 9.78 Å². The van der Waals surface area contributed by atoms with E-state index in [0.29, 0.717) is 22.9 Å². The first-order valence-electron chi connectivity index (χ1n) is 5.92. The summed E-state index contributed by atoms with van der Waals surface area (Å²) < 4.78 is 4.66. The molecule has 1 heterocycles. The van der Waals surface area contributed by atoms with Crippen molar-refractivity contribution < 1.29 is 9.53 Å². The van der Waals surface area contributed by atoms with Crippen LogP contribution in [0.15, 0.2) is 36.5 Å². The third-order valence-electron chi connectivity index (χ3n) is 2.73. The SMILES string of the molecule is COC(=O)c1cc(NCc2ccc(Cl)cc2)ncc1N. The molecule has 0 aliphatic heterocycles. The summed E-state index contributed by atoms with van der Waals surface area (Å²) in [6, 6.07) is 9.02. The molecular weight excluding hydrogens is 278 g/mol. The Labute approximate surface area is 121 Å². The molecule has 20 heavy (non-hydrogen) atoms. The smallest absolute Gasteiger partial charge is 0.340 e. The number of nitrogens with two attached hydrogens (primary N) is 1. The van der Waals surface area contributed by atoms with E-state index in [1.54, 1.807) is 6.07 Å². The highest BCUT2D eigenvalue weighted by molar-refractivity contribution is 6.30. The fourth-order valence-corrected chi connectivity index (χ4v) is 1.77. The molecule has 0 fully saturated rings. The third-order valence-corrected chi connectivity index (χ3v) is 2.98. The Hall–Kier alpha value is -2.27. The van der Waals surface area contributed by atoms with Gasteiger partial charge in [-0.1, -0.05) is 23.7 Å². The van der Waals surface area contributed by atoms with E-state index < -0.39 is 5.97 Å². The summed E-state index contributed by atoms with van der Waals surface area (Å²) in [6.45, 7) is 0.564. The molecular formula is C14H14ClN3O2. The van der Waals surface area contributed by atoms with Crippen LogP contribution in [0, 0.1) is 0 Å². The molecule has 0 aliphatic carbocycles. The maximum atomic E-state index is 11.5. The van der Waals surface area contributed by atoms with Crippen molar-refractivity contribution in [2.24, 2.45) is 0 Å². The zero-order chi connectivity index (χ0) is 14.5. The highest BCUT2D eigenvalue weighted by Crippen LogP contribution is 2.17. The molecule has 1 aromatic carbocycles. The Morgan fingerprint density at radius 1 is 1.40 bits per heavy atom. The average molecular weight is 292 g/mol. The molecule has 0 bridgehead atoms. The lowest BCUT2D eigenvalue weighted by atomic mass is 10.2. The molecule has 6 heteroatoms.